The molecule has 0 aliphatic carbocycles. The summed E-state index contributed by atoms with van der Waals surface area (Å²) in [4.78, 5) is 27.0. The first kappa shape index (κ1) is 21.1. The summed E-state index contributed by atoms with van der Waals surface area (Å²) in [5, 5.41) is 2.59. The van der Waals surface area contributed by atoms with Gasteiger partial charge in [-0.2, -0.15) is 0 Å². The van der Waals surface area contributed by atoms with Crippen LogP contribution in [0.1, 0.15) is 46.6 Å². The lowest BCUT2D eigenvalue weighted by Gasteiger charge is -2.27. The molecule has 1 aliphatic rings. The number of hydrogen-bond acceptors (Lipinski definition) is 3. The Balaban J connectivity index is 1.57. The summed E-state index contributed by atoms with van der Waals surface area (Å²) in [6.45, 7) is 4.24. The van der Waals surface area contributed by atoms with E-state index in [1.165, 1.54) is 12.1 Å². The molecule has 1 saturated heterocycles. The van der Waals surface area contributed by atoms with Crippen LogP contribution < -0.4 is 10.2 Å². The Bertz CT molecular complexity index is 1110. The van der Waals surface area contributed by atoms with E-state index in [4.69, 9.17) is 0 Å². The van der Waals surface area contributed by atoms with E-state index in [1.807, 2.05) is 35.2 Å². The average molecular weight is 435 g/mol. The molecule has 0 radical (unpaired) electrons. The van der Waals surface area contributed by atoms with Crippen LogP contribution >= 0.6 is 11.8 Å². The van der Waals surface area contributed by atoms with Gasteiger partial charge >= 0.3 is 0 Å². The van der Waals surface area contributed by atoms with Gasteiger partial charge in [0.05, 0.1) is 11.3 Å². The topological polar surface area (TPSA) is 49.4 Å². The standard InChI is InChI=1S/C25H23FN2O2S/c1-16(2)19-7-4-6-10-22(19)28-23(29)15-31-25(28)17-11-13-18(14-12-17)27-24(30)20-8-3-5-9-21(20)26/h3-14,16,25H,15H2,1-2H3,(H,27,30)/t25-/m0/s1. The fourth-order valence-electron chi connectivity index (χ4n) is 3.70. The van der Waals surface area contributed by atoms with Crippen LogP contribution in [0.25, 0.3) is 0 Å². The van der Waals surface area contributed by atoms with Gasteiger partial charge < -0.3 is 5.32 Å². The van der Waals surface area contributed by atoms with Crippen LogP contribution in [0.4, 0.5) is 15.8 Å². The van der Waals surface area contributed by atoms with Crippen molar-refractivity contribution in [2.45, 2.75) is 25.1 Å². The zero-order chi connectivity index (χ0) is 22.0. The highest BCUT2D eigenvalue weighted by Crippen LogP contribution is 2.44. The van der Waals surface area contributed by atoms with Crippen molar-refractivity contribution in [1.29, 1.82) is 0 Å². The molecule has 0 bridgehead atoms. The summed E-state index contributed by atoms with van der Waals surface area (Å²) in [5.74, 6) is -0.255. The number of amides is 2. The molecule has 1 aliphatic heterocycles. The minimum atomic E-state index is -0.558. The van der Waals surface area contributed by atoms with E-state index in [0.29, 0.717) is 17.4 Å². The second-order valence-corrected chi connectivity index (χ2v) is 8.77. The molecule has 1 heterocycles. The summed E-state index contributed by atoms with van der Waals surface area (Å²) in [6, 6.07) is 21.3. The van der Waals surface area contributed by atoms with Crippen molar-refractivity contribution in [3.8, 4) is 0 Å². The Morgan fingerprint density at radius 3 is 2.42 bits per heavy atom. The molecule has 158 valence electrons. The number of rotatable bonds is 5. The Hall–Kier alpha value is -3.12. The van der Waals surface area contributed by atoms with E-state index in [9.17, 15) is 14.0 Å². The van der Waals surface area contributed by atoms with Gasteiger partial charge in [-0.15, -0.1) is 11.8 Å². The smallest absolute Gasteiger partial charge is 0.258 e. The van der Waals surface area contributed by atoms with Crippen LogP contribution in [0.2, 0.25) is 0 Å². The minimum absolute atomic E-state index is 0.00000992. The number of carbonyl (C=O) groups is 2. The van der Waals surface area contributed by atoms with E-state index < -0.39 is 11.7 Å². The molecule has 4 nitrogen and oxygen atoms in total. The van der Waals surface area contributed by atoms with Crippen molar-refractivity contribution >= 4 is 35.0 Å². The minimum Gasteiger partial charge on any atom is -0.322 e. The first-order valence-electron chi connectivity index (χ1n) is 10.1. The van der Waals surface area contributed by atoms with Gasteiger partial charge in [-0.05, 0) is 47.4 Å². The number of nitrogens with one attached hydrogen (secondary N) is 1. The summed E-state index contributed by atoms with van der Waals surface area (Å²) in [6.07, 6.45) is 0. The second kappa shape index (κ2) is 8.94. The van der Waals surface area contributed by atoms with E-state index >= 15 is 0 Å². The molecule has 1 atom stereocenters. The zero-order valence-corrected chi connectivity index (χ0v) is 18.2. The quantitative estimate of drug-likeness (QED) is 0.537. The van der Waals surface area contributed by atoms with E-state index in [0.717, 1.165) is 16.8 Å². The Morgan fingerprint density at radius 1 is 1.03 bits per heavy atom. The average Bonchev–Trinajstić information content (AvgIpc) is 3.15. The highest BCUT2D eigenvalue weighted by molar-refractivity contribution is 8.00. The molecule has 0 saturated carbocycles. The van der Waals surface area contributed by atoms with Gasteiger partial charge in [0.1, 0.15) is 11.2 Å². The molecule has 2 amide bonds. The highest BCUT2D eigenvalue weighted by Gasteiger charge is 2.35. The third kappa shape index (κ3) is 4.35. The van der Waals surface area contributed by atoms with Crippen LogP contribution in [-0.4, -0.2) is 17.6 Å². The van der Waals surface area contributed by atoms with Crippen molar-refractivity contribution < 1.29 is 14.0 Å². The molecule has 3 aromatic carbocycles. The largest absolute Gasteiger partial charge is 0.322 e. The summed E-state index contributed by atoms with van der Waals surface area (Å²) in [7, 11) is 0. The molecule has 6 heteroatoms. The van der Waals surface area contributed by atoms with Crippen LogP contribution in [0.15, 0.2) is 72.8 Å². The Morgan fingerprint density at radius 2 is 1.71 bits per heavy atom. The molecule has 31 heavy (non-hydrogen) atoms. The molecule has 0 unspecified atom stereocenters. The maximum atomic E-state index is 13.8. The van der Waals surface area contributed by atoms with E-state index in [1.54, 1.807) is 36.0 Å². The van der Waals surface area contributed by atoms with E-state index in [2.05, 4.69) is 25.2 Å². The number of thioether (sulfide) groups is 1. The summed E-state index contributed by atoms with van der Waals surface area (Å²) in [5.41, 5.74) is 3.62. The van der Waals surface area contributed by atoms with E-state index in [-0.39, 0.29) is 16.8 Å². The first-order valence-corrected chi connectivity index (χ1v) is 11.2. The molecule has 1 N–H and O–H groups in total. The maximum absolute atomic E-state index is 13.8. The van der Waals surface area contributed by atoms with Crippen molar-refractivity contribution in [2.24, 2.45) is 0 Å². The van der Waals surface area contributed by atoms with Gasteiger partial charge in [0.2, 0.25) is 5.91 Å². The van der Waals surface area contributed by atoms with Gasteiger partial charge in [-0.25, -0.2) is 4.39 Å². The van der Waals surface area contributed by atoms with Crippen LogP contribution in [0.3, 0.4) is 0 Å². The second-order valence-electron chi connectivity index (χ2n) is 7.70. The lowest BCUT2D eigenvalue weighted by Crippen LogP contribution is -2.29. The van der Waals surface area contributed by atoms with Gasteiger partial charge in [0.25, 0.3) is 5.91 Å². The molecule has 4 rings (SSSR count). The SMILES string of the molecule is CC(C)c1ccccc1N1C(=O)CS[C@H]1c1ccc(NC(=O)c2ccccc2F)cc1. The normalized spacial score (nSPS) is 16.1. The molecule has 3 aromatic rings. The number of halogens is 1. The first-order chi connectivity index (χ1) is 15.0. The van der Waals surface area contributed by atoms with Gasteiger partial charge in [-0.1, -0.05) is 56.3 Å². The van der Waals surface area contributed by atoms with Gasteiger partial charge in [-0.3, -0.25) is 14.5 Å². The lowest BCUT2D eigenvalue weighted by molar-refractivity contribution is -0.115. The third-order valence-electron chi connectivity index (χ3n) is 5.26. The van der Waals surface area contributed by atoms with Gasteiger partial charge in [0, 0.05) is 11.4 Å². The summed E-state index contributed by atoms with van der Waals surface area (Å²) < 4.78 is 13.8. The fourth-order valence-corrected chi connectivity index (χ4v) is 4.87. The van der Waals surface area contributed by atoms with Crippen molar-refractivity contribution in [2.75, 3.05) is 16.0 Å². The molecule has 1 fully saturated rings. The number of para-hydroxylation sites is 1. The number of nitrogens with zero attached hydrogens (tertiary/aromatic N) is 1. The number of anilines is 2. The number of benzene rings is 3. The third-order valence-corrected chi connectivity index (χ3v) is 6.47. The number of carbonyl (C=O) groups excluding carboxylic acids is 2. The maximum Gasteiger partial charge on any atom is 0.258 e. The van der Waals surface area contributed by atoms with Crippen molar-refractivity contribution in [3.63, 3.8) is 0 Å². The van der Waals surface area contributed by atoms with Crippen LogP contribution in [-0.2, 0) is 4.79 Å². The Kier molecular flexibility index (Phi) is 6.09. The Labute approximate surface area is 185 Å². The monoisotopic (exact) mass is 434 g/mol. The lowest BCUT2D eigenvalue weighted by atomic mass is 10.00. The predicted molar refractivity (Wildman–Crippen MR) is 124 cm³/mol. The predicted octanol–water partition coefficient (Wildman–Crippen LogP) is 5.98. The fraction of sp³-hybridized carbons (Fsp3) is 0.200. The molecular weight excluding hydrogens is 411 g/mol. The van der Waals surface area contributed by atoms with Crippen LogP contribution in [0.5, 0.6) is 0 Å². The van der Waals surface area contributed by atoms with Crippen LogP contribution in [0, 0.1) is 5.82 Å². The molecular formula is C25H23FN2O2S. The molecule has 0 aromatic heterocycles. The van der Waals surface area contributed by atoms with Crippen molar-refractivity contribution in [1.82, 2.24) is 0 Å². The highest BCUT2D eigenvalue weighted by atomic mass is 32.2. The summed E-state index contributed by atoms with van der Waals surface area (Å²) >= 11 is 1.58. The number of hydrogen-bond donors (Lipinski definition) is 1. The van der Waals surface area contributed by atoms with Crippen molar-refractivity contribution in [3.05, 3.63) is 95.3 Å². The zero-order valence-electron chi connectivity index (χ0n) is 17.3. The molecule has 0 spiro atoms. The van der Waals surface area contributed by atoms with Gasteiger partial charge in [0.15, 0.2) is 0 Å².